The van der Waals surface area contributed by atoms with Crippen molar-refractivity contribution in [1.29, 1.82) is 0 Å². The van der Waals surface area contributed by atoms with E-state index >= 15 is 0 Å². The molecule has 0 bridgehead atoms. The number of hydrogen-bond donors (Lipinski definition) is 2. The quantitative estimate of drug-likeness (QED) is 0.267. The zero-order valence-corrected chi connectivity index (χ0v) is 19.0. The van der Waals surface area contributed by atoms with E-state index in [1.165, 1.54) is 31.2 Å². The monoisotopic (exact) mass is 478 g/mol. The van der Waals surface area contributed by atoms with Crippen LogP contribution in [-0.4, -0.2) is 6.18 Å². The van der Waals surface area contributed by atoms with Gasteiger partial charge in [0.25, 0.3) is 0 Å². The number of nitrogens with two attached hydrogens (primary N) is 2. The highest BCUT2D eigenvalue weighted by Gasteiger charge is 2.55. The lowest BCUT2D eigenvalue weighted by Gasteiger charge is -2.36. The molecule has 4 aromatic carbocycles. The Morgan fingerprint density at radius 1 is 0.543 bits per heavy atom. The van der Waals surface area contributed by atoms with E-state index in [0.717, 1.165) is 0 Å². The molecule has 0 aliphatic heterocycles. The van der Waals surface area contributed by atoms with Crippen LogP contribution in [0.3, 0.4) is 0 Å². The van der Waals surface area contributed by atoms with Gasteiger partial charge in [0.1, 0.15) is 28.4 Å². The van der Waals surface area contributed by atoms with Gasteiger partial charge in [-0.1, -0.05) is 31.2 Å². The van der Waals surface area contributed by atoms with Crippen LogP contribution in [0.25, 0.3) is 0 Å². The van der Waals surface area contributed by atoms with Gasteiger partial charge in [-0.25, -0.2) is 0 Å². The second-order valence-corrected chi connectivity index (χ2v) is 8.15. The summed E-state index contributed by atoms with van der Waals surface area (Å²) in [6, 6.07) is 25.6. The number of halogens is 3. The van der Waals surface area contributed by atoms with Crippen molar-refractivity contribution in [2.75, 3.05) is 11.5 Å². The zero-order valence-electron chi connectivity index (χ0n) is 19.0. The van der Waals surface area contributed by atoms with Crippen LogP contribution in [0.4, 0.5) is 24.5 Å². The summed E-state index contributed by atoms with van der Waals surface area (Å²) < 4.78 is 55.4. The van der Waals surface area contributed by atoms with Crippen LogP contribution < -0.4 is 20.9 Å². The molecule has 4 N–H and O–H groups in total. The molecule has 0 heterocycles. The van der Waals surface area contributed by atoms with Crippen molar-refractivity contribution >= 4 is 11.4 Å². The molecule has 4 aromatic rings. The molecule has 0 aromatic heterocycles. The Kier molecular flexibility index (Phi) is 6.60. The predicted octanol–water partition coefficient (Wildman–Crippen LogP) is 7.69. The van der Waals surface area contributed by atoms with E-state index in [2.05, 4.69) is 0 Å². The maximum Gasteiger partial charge on any atom is 0.402 e. The topological polar surface area (TPSA) is 70.5 Å². The fourth-order valence-corrected chi connectivity index (χ4v) is 4.06. The van der Waals surface area contributed by atoms with Crippen molar-refractivity contribution < 1.29 is 22.6 Å². The first kappa shape index (κ1) is 24.0. The summed E-state index contributed by atoms with van der Waals surface area (Å²) in [7, 11) is 0. The first-order chi connectivity index (χ1) is 16.7. The minimum Gasteiger partial charge on any atom is -0.457 e. The summed E-state index contributed by atoms with van der Waals surface area (Å²) in [5.74, 6) is 1.94. The Balaban J connectivity index is 1.63. The lowest BCUT2D eigenvalue weighted by molar-refractivity contribution is -0.179. The van der Waals surface area contributed by atoms with Crippen molar-refractivity contribution in [3.8, 4) is 23.0 Å². The SMILES string of the molecule is CCC(c1ccc(Oc2ccc(N)cc2)cc1)(c1ccc(Oc2ccc(N)cc2)cc1)C(F)(F)F. The number of benzene rings is 4. The molecule has 0 unspecified atom stereocenters. The molecule has 35 heavy (non-hydrogen) atoms. The van der Waals surface area contributed by atoms with Crippen molar-refractivity contribution in [1.82, 2.24) is 0 Å². The average Bonchev–Trinajstić information content (AvgIpc) is 2.84. The molecule has 0 radical (unpaired) electrons. The predicted molar refractivity (Wildman–Crippen MR) is 132 cm³/mol. The molecule has 0 aliphatic rings. The Bertz CT molecular complexity index is 1160. The molecule has 0 saturated carbocycles. The third kappa shape index (κ3) is 5.04. The van der Waals surface area contributed by atoms with Gasteiger partial charge in [-0.15, -0.1) is 0 Å². The van der Waals surface area contributed by atoms with Gasteiger partial charge >= 0.3 is 6.18 Å². The fraction of sp³-hybridized carbons (Fsp3) is 0.143. The van der Waals surface area contributed by atoms with Gasteiger partial charge in [0.2, 0.25) is 0 Å². The molecule has 180 valence electrons. The second kappa shape index (κ2) is 9.62. The Morgan fingerprint density at radius 3 is 1.09 bits per heavy atom. The minimum absolute atomic E-state index is 0.129. The van der Waals surface area contributed by atoms with Crippen LogP contribution in [0.1, 0.15) is 24.5 Å². The highest BCUT2D eigenvalue weighted by atomic mass is 19.4. The molecule has 0 atom stereocenters. The highest BCUT2D eigenvalue weighted by molar-refractivity contribution is 5.48. The normalized spacial score (nSPS) is 11.8. The number of alkyl halides is 3. The van der Waals surface area contributed by atoms with E-state index in [1.54, 1.807) is 72.8 Å². The summed E-state index contributed by atoms with van der Waals surface area (Å²) in [5, 5.41) is 0. The number of anilines is 2. The first-order valence-corrected chi connectivity index (χ1v) is 11.1. The molecule has 7 heteroatoms. The lowest BCUT2D eigenvalue weighted by Crippen LogP contribution is -2.42. The fourth-order valence-electron chi connectivity index (χ4n) is 4.06. The van der Waals surface area contributed by atoms with Crippen molar-refractivity contribution in [2.24, 2.45) is 0 Å². The molecule has 0 spiro atoms. The van der Waals surface area contributed by atoms with Gasteiger partial charge in [0.05, 0.1) is 0 Å². The second-order valence-electron chi connectivity index (χ2n) is 8.15. The largest absolute Gasteiger partial charge is 0.457 e. The van der Waals surface area contributed by atoms with Crippen LogP contribution in [-0.2, 0) is 5.41 Å². The van der Waals surface area contributed by atoms with Crippen LogP contribution in [0, 0.1) is 0 Å². The van der Waals surface area contributed by atoms with Crippen LogP contribution in [0.2, 0.25) is 0 Å². The summed E-state index contributed by atoms with van der Waals surface area (Å²) in [5.41, 5.74) is 10.6. The number of ether oxygens (including phenoxy) is 2. The molecule has 0 saturated heterocycles. The molecule has 0 fully saturated rings. The smallest absolute Gasteiger partial charge is 0.402 e. The lowest BCUT2D eigenvalue weighted by atomic mass is 9.71. The van der Waals surface area contributed by atoms with E-state index in [1.807, 2.05) is 0 Å². The Labute approximate surface area is 201 Å². The third-order valence-corrected chi connectivity index (χ3v) is 5.94. The van der Waals surface area contributed by atoms with Gasteiger partial charge in [0, 0.05) is 11.4 Å². The van der Waals surface area contributed by atoms with E-state index in [4.69, 9.17) is 20.9 Å². The molecule has 0 amide bonds. The number of nitrogen functional groups attached to an aromatic ring is 2. The van der Waals surface area contributed by atoms with Crippen LogP contribution in [0.15, 0.2) is 97.1 Å². The summed E-state index contributed by atoms with van der Waals surface area (Å²) >= 11 is 0. The van der Waals surface area contributed by atoms with Gasteiger partial charge in [-0.2, -0.15) is 13.2 Å². The number of hydrogen-bond acceptors (Lipinski definition) is 4. The van der Waals surface area contributed by atoms with E-state index in [-0.39, 0.29) is 17.5 Å². The van der Waals surface area contributed by atoms with Gasteiger partial charge in [0.15, 0.2) is 0 Å². The summed E-state index contributed by atoms with van der Waals surface area (Å²) in [6.07, 6.45) is -4.70. The maximum absolute atomic E-state index is 14.6. The third-order valence-electron chi connectivity index (χ3n) is 5.94. The summed E-state index contributed by atoms with van der Waals surface area (Å²) in [4.78, 5) is 0. The van der Waals surface area contributed by atoms with E-state index < -0.39 is 11.6 Å². The standard InChI is InChI=1S/C28H25F3N2O2/c1-2-27(28(29,30)31,19-3-11-23(12-4-19)34-25-15-7-21(32)8-16-25)20-5-13-24(14-6-20)35-26-17-9-22(33)10-18-26/h3-18H,2,32-33H2,1H3. The molecule has 4 nitrogen and oxygen atoms in total. The van der Waals surface area contributed by atoms with Crippen LogP contribution in [0.5, 0.6) is 23.0 Å². The number of rotatable bonds is 7. The van der Waals surface area contributed by atoms with E-state index in [0.29, 0.717) is 34.4 Å². The van der Waals surface area contributed by atoms with Crippen molar-refractivity contribution in [3.05, 3.63) is 108 Å². The molecular weight excluding hydrogens is 453 g/mol. The van der Waals surface area contributed by atoms with Crippen molar-refractivity contribution in [3.63, 3.8) is 0 Å². The van der Waals surface area contributed by atoms with Crippen molar-refractivity contribution in [2.45, 2.75) is 24.9 Å². The van der Waals surface area contributed by atoms with Gasteiger partial charge < -0.3 is 20.9 Å². The zero-order chi connectivity index (χ0) is 25.1. The molecule has 0 aliphatic carbocycles. The molecular formula is C28H25F3N2O2. The van der Waals surface area contributed by atoms with Gasteiger partial charge in [-0.3, -0.25) is 0 Å². The highest BCUT2D eigenvalue weighted by Crippen LogP contribution is 2.49. The first-order valence-electron chi connectivity index (χ1n) is 11.1. The van der Waals surface area contributed by atoms with E-state index in [9.17, 15) is 13.2 Å². The maximum atomic E-state index is 14.6. The van der Waals surface area contributed by atoms with Crippen LogP contribution >= 0.6 is 0 Å². The summed E-state index contributed by atoms with van der Waals surface area (Å²) in [6.45, 7) is 1.53. The Hall–Kier alpha value is -4.13. The average molecular weight is 479 g/mol. The van der Waals surface area contributed by atoms with Gasteiger partial charge in [-0.05, 0) is 90.3 Å². The Morgan fingerprint density at radius 2 is 0.829 bits per heavy atom. The minimum atomic E-state index is -4.53. The molecule has 4 rings (SSSR count).